The van der Waals surface area contributed by atoms with Gasteiger partial charge in [-0.3, -0.25) is 0 Å². The first-order chi connectivity index (χ1) is 5.64. The van der Waals surface area contributed by atoms with Crippen LogP contribution in [0.3, 0.4) is 0 Å². The van der Waals surface area contributed by atoms with Gasteiger partial charge < -0.3 is 0 Å². The van der Waals surface area contributed by atoms with Crippen molar-refractivity contribution in [3.05, 3.63) is 0 Å². The first-order valence-corrected chi connectivity index (χ1v) is 5.64. The standard InChI is InChI=1S/C12H24/c1-4-5-9-12(2,3)10-8-11-6-7-11/h11H,4-10H2,1-3H3. The molecule has 0 heteroatoms. The van der Waals surface area contributed by atoms with Crippen LogP contribution in [-0.2, 0) is 0 Å². The lowest BCUT2D eigenvalue weighted by molar-refractivity contribution is 0.283. The summed E-state index contributed by atoms with van der Waals surface area (Å²) in [5.41, 5.74) is 0.624. The van der Waals surface area contributed by atoms with Gasteiger partial charge in [0.15, 0.2) is 0 Å². The lowest BCUT2D eigenvalue weighted by Crippen LogP contribution is -2.11. The third-order valence-electron chi connectivity index (χ3n) is 3.13. The first-order valence-electron chi connectivity index (χ1n) is 5.64. The van der Waals surface area contributed by atoms with Crippen LogP contribution in [0.5, 0.6) is 0 Å². The molecule has 0 amide bonds. The fourth-order valence-electron chi connectivity index (χ4n) is 1.78. The zero-order chi connectivity index (χ0) is 9.03. The Bertz CT molecular complexity index is 120. The van der Waals surface area contributed by atoms with Crippen LogP contribution in [0, 0.1) is 11.3 Å². The van der Waals surface area contributed by atoms with Crippen molar-refractivity contribution in [2.45, 2.75) is 65.7 Å². The maximum absolute atomic E-state index is 2.44. The van der Waals surface area contributed by atoms with Gasteiger partial charge in [0.05, 0.1) is 0 Å². The third kappa shape index (κ3) is 4.13. The summed E-state index contributed by atoms with van der Waals surface area (Å²) in [7, 11) is 0. The monoisotopic (exact) mass is 168 g/mol. The summed E-state index contributed by atoms with van der Waals surface area (Å²) in [5, 5.41) is 0. The van der Waals surface area contributed by atoms with Crippen LogP contribution < -0.4 is 0 Å². The van der Waals surface area contributed by atoms with Gasteiger partial charge in [0.1, 0.15) is 0 Å². The van der Waals surface area contributed by atoms with Crippen molar-refractivity contribution in [2.24, 2.45) is 11.3 Å². The maximum Gasteiger partial charge on any atom is -0.0354 e. The highest BCUT2D eigenvalue weighted by Crippen LogP contribution is 2.39. The Morgan fingerprint density at radius 2 is 1.83 bits per heavy atom. The van der Waals surface area contributed by atoms with Crippen LogP contribution >= 0.6 is 0 Å². The molecule has 0 atom stereocenters. The van der Waals surface area contributed by atoms with Crippen LogP contribution in [0.2, 0.25) is 0 Å². The van der Waals surface area contributed by atoms with Crippen LogP contribution in [-0.4, -0.2) is 0 Å². The molecule has 1 aliphatic carbocycles. The summed E-state index contributed by atoms with van der Waals surface area (Å²) in [5.74, 6) is 1.12. The molecule has 0 radical (unpaired) electrons. The minimum atomic E-state index is 0.624. The first kappa shape index (κ1) is 10.1. The van der Waals surface area contributed by atoms with Crippen molar-refractivity contribution in [1.82, 2.24) is 0 Å². The van der Waals surface area contributed by atoms with Crippen molar-refractivity contribution >= 4 is 0 Å². The molecule has 1 aliphatic rings. The van der Waals surface area contributed by atoms with Crippen molar-refractivity contribution in [3.8, 4) is 0 Å². The quantitative estimate of drug-likeness (QED) is 0.551. The van der Waals surface area contributed by atoms with Gasteiger partial charge in [0.25, 0.3) is 0 Å². The number of hydrogen-bond acceptors (Lipinski definition) is 0. The minimum Gasteiger partial charge on any atom is -0.0654 e. The van der Waals surface area contributed by atoms with Crippen LogP contribution in [0.4, 0.5) is 0 Å². The van der Waals surface area contributed by atoms with E-state index in [1.807, 2.05) is 0 Å². The Labute approximate surface area is 77.7 Å². The second-order valence-corrected chi connectivity index (χ2v) is 5.25. The van der Waals surface area contributed by atoms with Crippen molar-refractivity contribution in [3.63, 3.8) is 0 Å². The summed E-state index contributed by atoms with van der Waals surface area (Å²) in [6, 6.07) is 0. The van der Waals surface area contributed by atoms with Crippen molar-refractivity contribution in [2.75, 3.05) is 0 Å². The lowest BCUT2D eigenvalue weighted by Gasteiger charge is -2.24. The van der Waals surface area contributed by atoms with Gasteiger partial charge in [0.2, 0.25) is 0 Å². The van der Waals surface area contributed by atoms with E-state index in [1.165, 1.54) is 44.9 Å². The summed E-state index contributed by atoms with van der Waals surface area (Å²) in [6.45, 7) is 7.16. The zero-order valence-corrected chi connectivity index (χ0v) is 9.03. The van der Waals surface area contributed by atoms with E-state index >= 15 is 0 Å². The maximum atomic E-state index is 2.44. The van der Waals surface area contributed by atoms with Gasteiger partial charge in [-0.25, -0.2) is 0 Å². The molecule has 72 valence electrons. The van der Waals surface area contributed by atoms with E-state index in [1.54, 1.807) is 0 Å². The predicted molar refractivity (Wildman–Crippen MR) is 55.3 cm³/mol. The van der Waals surface area contributed by atoms with Gasteiger partial charge in [-0.2, -0.15) is 0 Å². The largest absolute Gasteiger partial charge is 0.0654 e. The highest BCUT2D eigenvalue weighted by Gasteiger charge is 2.25. The molecule has 0 aromatic heterocycles. The van der Waals surface area contributed by atoms with Gasteiger partial charge >= 0.3 is 0 Å². The Balaban J connectivity index is 2.07. The van der Waals surface area contributed by atoms with E-state index in [4.69, 9.17) is 0 Å². The van der Waals surface area contributed by atoms with Gasteiger partial charge in [-0.05, 0) is 30.6 Å². The molecule has 0 nitrogen and oxygen atoms in total. The van der Waals surface area contributed by atoms with Crippen LogP contribution in [0.25, 0.3) is 0 Å². The molecular weight excluding hydrogens is 144 g/mol. The average molecular weight is 168 g/mol. The smallest absolute Gasteiger partial charge is 0.0354 e. The number of rotatable bonds is 6. The predicted octanol–water partition coefficient (Wildman–Crippen LogP) is 4.39. The van der Waals surface area contributed by atoms with E-state index in [-0.39, 0.29) is 0 Å². The summed E-state index contributed by atoms with van der Waals surface area (Å²) < 4.78 is 0. The fourth-order valence-corrected chi connectivity index (χ4v) is 1.78. The fraction of sp³-hybridized carbons (Fsp3) is 1.00. The van der Waals surface area contributed by atoms with E-state index in [0.717, 1.165) is 5.92 Å². The number of hydrogen-bond donors (Lipinski definition) is 0. The molecule has 12 heavy (non-hydrogen) atoms. The van der Waals surface area contributed by atoms with Gasteiger partial charge in [-0.1, -0.05) is 46.5 Å². The molecule has 0 aliphatic heterocycles. The molecular formula is C12H24. The summed E-state index contributed by atoms with van der Waals surface area (Å²) in [6.07, 6.45) is 10.2. The molecule has 0 bridgehead atoms. The third-order valence-corrected chi connectivity index (χ3v) is 3.13. The van der Waals surface area contributed by atoms with Gasteiger partial charge in [-0.15, -0.1) is 0 Å². The topological polar surface area (TPSA) is 0 Å². The van der Waals surface area contributed by atoms with E-state index < -0.39 is 0 Å². The Morgan fingerprint density at radius 3 is 2.33 bits per heavy atom. The van der Waals surface area contributed by atoms with Crippen molar-refractivity contribution < 1.29 is 0 Å². The molecule has 0 spiro atoms. The minimum absolute atomic E-state index is 0.624. The summed E-state index contributed by atoms with van der Waals surface area (Å²) >= 11 is 0. The molecule has 1 fully saturated rings. The van der Waals surface area contributed by atoms with E-state index in [0.29, 0.717) is 5.41 Å². The highest BCUT2D eigenvalue weighted by atomic mass is 14.3. The lowest BCUT2D eigenvalue weighted by atomic mass is 9.82. The SMILES string of the molecule is CCCCC(C)(C)CCC1CC1. The number of unbranched alkanes of at least 4 members (excludes halogenated alkanes) is 1. The molecule has 1 rings (SSSR count). The van der Waals surface area contributed by atoms with Crippen LogP contribution in [0.15, 0.2) is 0 Å². The van der Waals surface area contributed by atoms with Crippen LogP contribution in [0.1, 0.15) is 65.7 Å². The van der Waals surface area contributed by atoms with E-state index in [9.17, 15) is 0 Å². The molecule has 0 N–H and O–H groups in total. The molecule has 0 unspecified atom stereocenters. The zero-order valence-electron chi connectivity index (χ0n) is 9.03. The molecule has 1 saturated carbocycles. The molecule has 0 aromatic carbocycles. The second kappa shape index (κ2) is 4.30. The molecule has 0 aromatic rings. The second-order valence-electron chi connectivity index (χ2n) is 5.25. The van der Waals surface area contributed by atoms with Gasteiger partial charge in [0, 0.05) is 0 Å². The molecule has 0 saturated heterocycles. The Kier molecular flexibility index (Phi) is 3.61. The van der Waals surface area contributed by atoms with Crippen molar-refractivity contribution in [1.29, 1.82) is 0 Å². The van der Waals surface area contributed by atoms with E-state index in [2.05, 4.69) is 20.8 Å². The Hall–Kier alpha value is 0. The average Bonchev–Trinajstić information content (AvgIpc) is 2.81. The molecule has 0 heterocycles. The normalized spacial score (nSPS) is 18.2. The Morgan fingerprint density at radius 1 is 1.17 bits per heavy atom. The highest BCUT2D eigenvalue weighted by molar-refractivity contribution is 4.77. The summed E-state index contributed by atoms with van der Waals surface area (Å²) in [4.78, 5) is 0.